The normalized spacial score (nSPS) is 12.0. The molecule has 1 aromatic carbocycles. The molecule has 144 valence electrons. The Bertz CT molecular complexity index is 1220. The summed E-state index contributed by atoms with van der Waals surface area (Å²) in [6, 6.07) is 8.08. The summed E-state index contributed by atoms with van der Waals surface area (Å²) in [5.74, 6) is -0.352. The minimum atomic E-state index is -4.63. The molecule has 4 rings (SSSR count). The number of hydrogen-bond donors (Lipinski definition) is 1. The highest BCUT2D eigenvalue weighted by molar-refractivity contribution is 7.21. The molecule has 0 saturated carbocycles. The molecular weight excluding hydrogens is 436 g/mol. The predicted octanol–water partition coefficient (Wildman–Crippen LogP) is 5.20. The van der Waals surface area contributed by atoms with Crippen LogP contribution in [0.4, 0.5) is 13.2 Å². The van der Waals surface area contributed by atoms with Gasteiger partial charge in [0.05, 0.1) is 16.6 Å². The van der Waals surface area contributed by atoms with E-state index in [2.05, 4.69) is 15.5 Å². The molecule has 1 N–H and O–H groups in total. The van der Waals surface area contributed by atoms with E-state index >= 15 is 0 Å². The molecule has 0 aliphatic heterocycles. The third kappa shape index (κ3) is 3.30. The van der Waals surface area contributed by atoms with Crippen molar-refractivity contribution in [2.24, 2.45) is 0 Å². The van der Waals surface area contributed by atoms with Gasteiger partial charge in [-0.05, 0) is 12.1 Å². The second kappa shape index (κ2) is 6.91. The highest BCUT2D eigenvalue weighted by Gasteiger charge is 2.35. The van der Waals surface area contributed by atoms with Crippen molar-refractivity contribution in [1.82, 2.24) is 19.9 Å². The zero-order valence-corrected chi connectivity index (χ0v) is 16.0. The summed E-state index contributed by atoms with van der Waals surface area (Å²) >= 11 is 13.3. The molecule has 1 amide bonds. The summed E-state index contributed by atoms with van der Waals surface area (Å²) in [4.78, 5) is 12.8. The first-order valence-electron chi connectivity index (χ1n) is 7.81. The number of fused-ring (bicyclic) bond motifs is 2. The minimum absolute atomic E-state index is 0.105. The standard InChI is InChI=1S/C17H9Cl2F3N4OS/c18-8-5-10(17(20,21)22)15-25-24-12(26(15)7-8)6-23-16(27)14-13(19)9-3-1-2-4-11(9)28-14/h1-5,7H,6H2,(H,23,27). The van der Waals surface area contributed by atoms with E-state index in [9.17, 15) is 18.0 Å². The van der Waals surface area contributed by atoms with Crippen LogP contribution in [-0.4, -0.2) is 20.5 Å². The number of thiophene rings is 1. The highest BCUT2D eigenvalue weighted by Crippen LogP contribution is 2.35. The Labute approximate surface area is 169 Å². The van der Waals surface area contributed by atoms with E-state index in [0.717, 1.165) is 20.6 Å². The van der Waals surface area contributed by atoms with Crippen LogP contribution in [0.25, 0.3) is 15.7 Å². The number of hydrogen-bond acceptors (Lipinski definition) is 4. The average molecular weight is 445 g/mol. The number of aromatic nitrogens is 3. The summed E-state index contributed by atoms with van der Waals surface area (Å²) in [5.41, 5.74) is -1.39. The van der Waals surface area contributed by atoms with Crippen molar-refractivity contribution in [3.63, 3.8) is 0 Å². The molecule has 5 nitrogen and oxygen atoms in total. The monoisotopic (exact) mass is 444 g/mol. The Hall–Kier alpha value is -2.36. The highest BCUT2D eigenvalue weighted by atomic mass is 35.5. The number of nitrogens with one attached hydrogen (secondary N) is 1. The third-order valence-corrected chi connectivity index (χ3v) is 5.88. The molecule has 0 unspecified atom stereocenters. The van der Waals surface area contributed by atoms with Crippen LogP contribution in [0.5, 0.6) is 0 Å². The Morgan fingerprint density at radius 1 is 1.21 bits per heavy atom. The second-order valence-corrected chi connectivity index (χ2v) is 7.67. The van der Waals surface area contributed by atoms with Gasteiger partial charge < -0.3 is 5.32 Å². The lowest BCUT2D eigenvalue weighted by Gasteiger charge is -2.09. The molecule has 0 spiro atoms. The summed E-state index contributed by atoms with van der Waals surface area (Å²) < 4.78 is 41.5. The molecule has 28 heavy (non-hydrogen) atoms. The quantitative estimate of drug-likeness (QED) is 0.472. The molecule has 0 saturated heterocycles. The van der Waals surface area contributed by atoms with E-state index in [1.807, 2.05) is 18.2 Å². The summed E-state index contributed by atoms with van der Waals surface area (Å²) in [7, 11) is 0. The lowest BCUT2D eigenvalue weighted by molar-refractivity contribution is -0.136. The molecule has 0 bridgehead atoms. The van der Waals surface area contributed by atoms with Crippen LogP contribution in [0.3, 0.4) is 0 Å². The molecule has 11 heteroatoms. The zero-order valence-electron chi connectivity index (χ0n) is 13.7. The van der Waals surface area contributed by atoms with E-state index in [0.29, 0.717) is 9.90 Å². The first kappa shape index (κ1) is 19.0. The van der Waals surface area contributed by atoms with Gasteiger partial charge in [-0.1, -0.05) is 41.4 Å². The topological polar surface area (TPSA) is 59.3 Å². The molecule has 3 heterocycles. The average Bonchev–Trinajstić information content (AvgIpc) is 3.20. The number of benzene rings is 1. The maximum Gasteiger partial charge on any atom is 0.420 e. The van der Waals surface area contributed by atoms with E-state index in [-0.39, 0.29) is 23.0 Å². The number of halogens is 5. The van der Waals surface area contributed by atoms with Crippen molar-refractivity contribution in [3.8, 4) is 0 Å². The number of amides is 1. The zero-order chi connectivity index (χ0) is 20.1. The van der Waals surface area contributed by atoms with Crippen molar-refractivity contribution in [1.29, 1.82) is 0 Å². The molecular formula is C17H9Cl2F3N4OS. The minimum Gasteiger partial charge on any atom is -0.344 e. The molecule has 3 aromatic heterocycles. The van der Waals surface area contributed by atoms with E-state index in [1.54, 1.807) is 6.07 Å². The van der Waals surface area contributed by atoms with Crippen LogP contribution in [0.2, 0.25) is 10.0 Å². The smallest absolute Gasteiger partial charge is 0.344 e. The molecule has 0 radical (unpaired) electrons. The van der Waals surface area contributed by atoms with E-state index in [4.69, 9.17) is 23.2 Å². The van der Waals surface area contributed by atoms with Crippen molar-refractivity contribution < 1.29 is 18.0 Å². The van der Waals surface area contributed by atoms with Gasteiger partial charge in [-0.3, -0.25) is 9.20 Å². The molecule has 0 aliphatic rings. The SMILES string of the molecule is O=C(NCc1nnc2c(C(F)(F)F)cc(Cl)cn12)c1sc2ccccc2c1Cl. The predicted molar refractivity (Wildman–Crippen MR) is 101 cm³/mol. The Balaban J connectivity index is 1.63. The van der Waals surface area contributed by atoms with E-state index < -0.39 is 17.6 Å². The van der Waals surface area contributed by atoms with Crippen LogP contribution >= 0.6 is 34.5 Å². The van der Waals surface area contributed by atoms with Gasteiger partial charge in [-0.15, -0.1) is 21.5 Å². The molecule has 4 aromatic rings. The maximum atomic E-state index is 13.2. The van der Waals surface area contributed by atoms with Gasteiger partial charge in [0.2, 0.25) is 0 Å². The number of carbonyl (C=O) groups excluding carboxylic acids is 1. The Morgan fingerprint density at radius 3 is 2.68 bits per heavy atom. The van der Waals surface area contributed by atoms with Gasteiger partial charge in [-0.2, -0.15) is 13.2 Å². The fourth-order valence-corrected chi connectivity index (χ4v) is 4.37. The van der Waals surface area contributed by atoms with E-state index in [1.165, 1.54) is 17.5 Å². The van der Waals surface area contributed by atoms with Crippen molar-refractivity contribution in [2.75, 3.05) is 0 Å². The van der Waals surface area contributed by atoms with Gasteiger partial charge in [0, 0.05) is 16.3 Å². The van der Waals surface area contributed by atoms with Crippen molar-refractivity contribution in [3.05, 3.63) is 62.8 Å². The Morgan fingerprint density at radius 2 is 1.96 bits per heavy atom. The molecule has 0 fully saturated rings. The maximum absolute atomic E-state index is 13.2. The van der Waals surface area contributed by atoms with Gasteiger partial charge in [0.15, 0.2) is 11.5 Å². The van der Waals surface area contributed by atoms with Gasteiger partial charge in [-0.25, -0.2) is 0 Å². The van der Waals surface area contributed by atoms with Crippen LogP contribution in [0, 0.1) is 0 Å². The fraction of sp³-hybridized carbons (Fsp3) is 0.118. The van der Waals surface area contributed by atoms with Crippen LogP contribution in [0.15, 0.2) is 36.5 Å². The number of alkyl halides is 3. The largest absolute Gasteiger partial charge is 0.420 e. The van der Waals surface area contributed by atoms with Crippen molar-refractivity contribution >= 4 is 56.2 Å². The molecule has 0 atom stereocenters. The number of nitrogens with zero attached hydrogens (tertiary/aromatic N) is 3. The number of pyridine rings is 1. The van der Waals surface area contributed by atoms with Crippen LogP contribution in [0.1, 0.15) is 21.1 Å². The fourth-order valence-electron chi connectivity index (χ4n) is 2.73. The number of rotatable bonds is 3. The molecule has 0 aliphatic carbocycles. The van der Waals surface area contributed by atoms with Gasteiger partial charge >= 0.3 is 6.18 Å². The lowest BCUT2D eigenvalue weighted by Crippen LogP contribution is -2.23. The third-order valence-electron chi connectivity index (χ3n) is 4.00. The van der Waals surface area contributed by atoms with Gasteiger partial charge in [0.1, 0.15) is 10.4 Å². The first-order valence-corrected chi connectivity index (χ1v) is 9.38. The number of carbonyl (C=O) groups is 1. The second-order valence-electron chi connectivity index (χ2n) is 5.80. The first-order chi connectivity index (χ1) is 13.3. The van der Waals surface area contributed by atoms with Crippen LogP contribution < -0.4 is 5.32 Å². The summed E-state index contributed by atoms with van der Waals surface area (Å²) in [6.07, 6.45) is -3.37. The van der Waals surface area contributed by atoms with Crippen molar-refractivity contribution in [2.45, 2.75) is 12.7 Å². The van der Waals surface area contributed by atoms with Gasteiger partial charge in [0.25, 0.3) is 5.91 Å². The van der Waals surface area contributed by atoms with Crippen LogP contribution in [-0.2, 0) is 12.7 Å². The summed E-state index contributed by atoms with van der Waals surface area (Å²) in [5, 5.41) is 10.9. The lowest BCUT2D eigenvalue weighted by atomic mass is 10.2. The summed E-state index contributed by atoms with van der Waals surface area (Å²) in [6.45, 7) is -0.151. The Kier molecular flexibility index (Phi) is 4.68.